The molecule has 0 bridgehead atoms. The lowest BCUT2D eigenvalue weighted by molar-refractivity contribution is -0.137. The van der Waals surface area contributed by atoms with Crippen LogP contribution in [0.5, 0.6) is 0 Å². The summed E-state index contributed by atoms with van der Waals surface area (Å²) in [6, 6.07) is 5.14. The van der Waals surface area contributed by atoms with Crippen molar-refractivity contribution in [2.45, 2.75) is 26.1 Å². The summed E-state index contributed by atoms with van der Waals surface area (Å²) in [5.41, 5.74) is -0.719. The number of halogens is 4. The van der Waals surface area contributed by atoms with Gasteiger partial charge in [0.05, 0.1) is 16.8 Å². The Bertz CT molecular complexity index is 766. The monoisotopic (exact) mass is 357 g/mol. The SMILES string of the molecule is CC(C)n1nccc1NC(=O)/C=C/c1ccc(Cl)c(C(F)(F)F)c1. The number of carbonyl (C=O) groups excluding carboxylic acids is 1. The molecule has 2 rings (SSSR count). The zero-order chi connectivity index (χ0) is 17.9. The van der Waals surface area contributed by atoms with E-state index in [-0.39, 0.29) is 16.6 Å². The van der Waals surface area contributed by atoms with E-state index in [1.807, 2.05) is 13.8 Å². The van der Waals surface area contributed by atoms with Crippen LogP contribution in [0.2, 0.25) is 5.02 Å². The largest absolute Gasteiger partial charge is 0.417 e. The lowest BCUT2D eigenvalue weighted by Crippen LogP contribution is -2.14. The van der Waals surface area contributed by atoms with E-state index in [1.165, 1.54) is 12.1 Å². The van der Waals surface area contributed by atoms with Crippen molar-refractivity contribution in [1.82, 2.24) is 9.78 Å². The number of alkyl halides is 3. The Hall–Kier alpha value is -2.28. The standard InChI is InChI=1S/C16H15ClF3N3O/c1-10(2)23-14(7-8-21-23)22-15(24)6-4-11-3-5-13(17)12(9-11)16(18,19)20/h3-10H,1-2H3,(H,22,24)/b6-4+. The third-order valence-electron chi connectivity index (χ3n) is 3.13. The Morgan fingerprint density at radius 2 is 2.04 bits per heavy atom. The molecular formula is C16H15ClF3N3O. The maximum Gasteiger partial charge on any atom is 0.417 e. The molecule has 0 atom stereocenters. The molecule has 0 radical (unpaired) electrons. The number of hydrogen-bond donors (Lipinski definition) is 1. The summed E-state index contributed by atoms with van der Waals surface area (Å²) in [5, 5.41) is 6.31. The Kier molecular flexibility index (Phi) is 5.33. The van der Waals surface area contributed by atoms with Gasteiger partial charge in [-0.1, -0.05) is 17.7 Å². The summed E-state index contributed by atoms with van der Waals surface area (Å²) in [5.74, 6) is 0.0349. The summed E-state index contributed by atoms with van der Waals surface area (Å²) < 4.78 is 40.0. The van der Waals surface area contributed by atoms with E-state index in [0.717, 1.165) is 18.2 Å². The maximum absolute atomic E-state index is 12.8. The van der Waals surface area contributed by atoms with Gasteiger partial charge in [0.15, 0.2) is 0 Å². The molecule has 0 unspecified atom stereocenters. The first-order chi connectivity index (χ1) is 11.2. The van der Waals surface area contributed by atoms with E-state index >= 15 is 0 Å². The van der Waals surface area contributed by atoms with Gasteiger partial charge in [-0.2, -0.15) is 18.3 Å². The fourth-order valence-corrected chi connectivity index (χ4v) is 2.25. The van der Waals surface area contributed by atoms with Crippen molar-refractivity contribution in [3.63, 3.8) is 0 Å². The predicted octanol–water partition coefficient (Wildman–Crippen LogP) is 4.79. The van der Waals surface area contributed by atoms with Gasteiger partial charge < -0.3 is 5.32 Å². The van der Waals surface area contributed by atoms with Crippen molar-refractivity contribution in [1.29, 1.82) is 0 Å². The van der Waals surface area contributed by atoms with Crippen LogP contribution in [0.15, 0.2) is 36.5 Å². The van der Waals surface area contributed by atoms with Gasteiger partial charge in [-0.3, -0.25) is 4.79 Å². The van der Waals surface area contributed by atoms with Gasteiger partial charge >= 0.3 is 6.18 Å². The van der Waals surface area contributed by atoms with Crippen LogP contribution >= 0.6 is 11.6 Å². The Balaban J connectivity index is 2.13. The van der Waals surface area contributed by atoms with Crippen molar-refractivity contribution < 1.29 is 18.0 Å². The molecule has 0 aliphatic rings. The average Bonchev–Trinajstić information content (AvgIpc) is 2.93. The molecule has 1 heterocycles. The minimum absolute atomic E-state index is 0.0601. The van der Waals surface area contributed by atoms with Crippen LogP contribution < -0.4 is 5.32 Å². The molecule has 0 fully saturated rings. The van der Waals surface area contributed by atoms with Crippen LogP contribution in [0.25, 0.3) is 6.08 Å². The van der Waals surface area contributed by atoms with Gasteiger partial charge in [0, 0.05) is 18.2 Å². The second-order valence-corrected chi connectivity index (χ2v) is 5.72. The molecule has 0 aliphatic heterocycles. The van der Waals surface area contributed by atoms with Gasteiger partial charge in [0.25, 0.3) is 0 Å². The van der Waals surface area contributed by atoms with Crippen molar-refractivity contribution in [3.8, 4) is 0 Å². The highest BCUT2D eigenvalue weighted by atomic mass is 35.5. The first kappa shape index (κ1) is 18.1. The smallest absolute Gasteiger partial charge is 0.307 e. The average molecular weight is 358 g/mol. The number of amides is 1. The molecule has 2 aromatic rings. The highest BCUT2D eigenvalue weighted by Gasteiger charge is 2.33. The number of carbonyl (C=O) groups is 1. The normalized spacial score (nSPS) is 12.1. The van der Waals surface area contributed by atoms with Gasteiger partial charge in [-0.05, 0) is 37.6 Å². The Morgan fingerprint density at radius 1 is 1.33 bits per heavy atom. The topological polar surface area (TPSA) is 46.9 Å². The van der Waals surface area contributed by atoms with Crippen LogP contribution in [-0.2, 0) is 11.0 Å². The molecule has 1 amide bonds. The number of anilines is 1. The van der Waals surface area contributed by atoms with Crippen LogP contribution in [0.1, 0.15) is 31.0 Å². The van der Waals surface area contributed by atoms with E-state index in [9.17, 15) is 18.0 Å². The molecule has 0 saturated carbocycles. The third kappa shape index (κ3) is 4.38. The Morgan fingerprint density at radius 3 is 2.67 bits per heavy atom. The highest BCUT2D eigenvalue weighted by molar-refractivity contribution is 6.31. The number of nitrogens with zero attached hydrogens (tertiary/aromatic N) is 2. The van der Waals surface area contributed by atoms with E-state index < -0.39 is 17.6 Å². The van der Waals surface area contributed by atoms with E-state index in [4.69, 9.17) is 11.6 Å². The minimum atomic E-state index is -4.55. The molecule has 1 aromatic heterocycles. The second kappa shape index (κ2) is 7.09. The van der Waals surface area contributed by atoms with Gasteiger partial charge in [-0.25, -0.2) is 4.68 Å². The number of benzene rings is 1. The minimum Gasteiger partial charge on any atom is -0.307 e. The third-order valence-corrected chi connectivity index (χ3v) is 3.46. The molecule has 0 saturated heterocycles. The van der Waals surface area contributed by atoms with Crippen molar-refractivity contribution >= 4 is 29.4 Å². The summed E-state index contributed by atoms with van der Waals surface area (Å²) in [4.78, 5) is 11.9. The number of aromatic nitrogens is 2. The predicted molar refractivity (Wildman–Crippen MR) is 86.7 cm³/mol. The highest BCUT2D eigenvalue weighted by Crippen LogP contribution is 2.35. The van der Waals surface area contributed by atoms with Crippen molar-refractivity contribution in [2.75, 3.05) is 5.32 Å². The van der Waals surface area contributed by atoms with Crippen molar-refractivity contribution in [3.05, 3.63) is 52.7 Å². The van der Waals surface area contributed by atoms with Crippen molar-refractivity contribution in [2.24, 2.45) is 0 Å². The van der Waals surface area contributed by atoms with Crippen LogP contribution in [0.4, 0.5) is 19.0 Å². The molecule has 1 N–H and O–H groups in total. The van der Waals surface area contributed by atoms with Crippen LogP contribution in [-0.4, -0.2) is 15.7 Å². The zero-order valence-corrected chi connectivity index (χ0v) is 13.7. The molecule has 128 valence electrons. The number of nitrogens with one attached hydrogen (secondary N) is 1. The summed E-state index contributed by atoms with van der Waals surface area (Å²) >= 11 is 5.55. The lowest BCUT2D eigenvalue weighted by Gasteiger charge is -2.10. The molecule has 24 heavy (non-hydrogen) atoms. The molecule has 1 aromatic carbocycles. The maximum atomic E-state index is 12.8. The van der Waals surface area contributed by atoms with Gasteiger partial charge in [-0.15, -0.1) is 0 Å². The zero-order valence-electron chi connectivity index (χ0n) is 12.9. The summed E-state index contributed by atoms with van der Waals surface area (Å²) in [6.45, 7) is 3.82. The molecule has 0 spiro atoms. The van der Waals surface area contributed by atoms with Gasteiger partial charge in [0.2, 0.25) is 5.91 Å². The van der Waals surface area contributed by atoms with Crippen LogP contribution in [0.3, 0.4) is 0 Å². The first-order valence-electron chi connectivity index (χ1n) is 7.08. The molecular weight excluding hydrogens is 343 g/mol. The molecule has 8 heteroatoms. The fourth-order valence-electron chi connectivity index (χ4n) is 2.03. The molecule has 4 nitrogen and oxygen atoms in total. The quantitative estimate of drug-likeness (QED) is 0.800. The van der Waals surface area contributed by atoms with E-state index in [1.54, 1.807) is 16.9 Å². The fraction of sp³-hybridized carbons (Fsp3) is 0.250. The summed E-state index contributed by atoms with van der Waals surface area (Å²) in [7, 11) is 0. The van der Waals surface area contributed by atoms with Gasteiger partial charge in [0.1, 0.15) is 5.82 Å². The summed E-state index contributed by atoms with van der Waals surface area (Å²) in [6.07, 6.45) is -0.556. The molecule has 0 aliphatic carbocycles. The number of rotatable bonds is 4. The second-order valence-electron chi connectivity index (χ2n) is 5.31. The van der Waals surface area contributed by atoms with E-state index in [2.05, 4.69) is 10.4 Å². The van der Waals surface area contributed by atoms with Crippen LogP contribution in [0, 0.1) is 0 Å². The first-order valence-corrected chi connectivity index (χ1v) is 7.45. The van der Waals surface area contributed by atoms with E-state index in [0.29, 0.717) is 5.82 Å². The lowest BCUT2D eigenvalue weighted by atomic mass is 10.1. The Labute approximate surface area is 141 Å². The number of hydrogen-bond acceptors (Lipinski definition) is 2.